The first-order valence-electron chi connectivity index (χ1n) is 7.64. The van der Waals surface area contributed by atoms with E-state index in [-0.39, 0.29) is 12.0 Å². The van der Waals surface area contributed by atoms with E-state index in [4.69, 9.17) is 0 Å². The summed E-state index contributed by atoms with van der Waals surface area (Å²) in [5, 5.41) is 4.89. The summed E-state index contributed by atoms with van der Waals surface area (Å²) in [5.74, 6) is -2.11. The van der Waals surface area contributed by atoms with E-state index < -0.39 is 30.1 Å². The van der Waals surface area contributed by atoms with Gasteiger partial charge in [-0.2, -0.15) is 13.2 Å². The molecule has 132 valence electrons. The van der Waals surface area contributed by atoms with Crippen LogP contribution in [0.25, 0.3) is 0 Å². The van der Waals surface area contributed by atoms with Crippen molar-refractivity contribution in [3.63, 3.8) is 0 Å². The van der Waals surface area contributed by atoms with Gasteiger partial charge < -0.3 is 10.1 Å². The number of hydrogen-bond donors (Lipinski definition) is 2. The molecule has 24 heavy (non-hydrogen) atoms. The van der Waals surface area contributed by atoms with Gasteiger partial charge in [-0.05, 0) is 31.0 Å². The molecule has 0 spiro atoms. The molecule has 1 aromatic rings. The number of amides is 2. The third-order valence-electron chi connectivity index (χ3n) is 4.06. The lowest BCUT2D eigenvalue weighted by molar-refractivity contribution is -0.187. The predicted octanol–water partition coefficient (Wildman–Crippen LogP) is 3.72. The van der Waals surface area contributed by atoms with Crippen molar-refractivity contribution in [2.45, 2.75) is 37.9 Å². The molecule has 1 saturated carbocycles. The number of halogens is 3. The second-order valence-corrected chi connectivity index (χ2v) is 5.71. The Morgan fingerprint density at radius 2 is 1.92 bits per heavy atom. The summed E-state index contributed by atoms with van der Waals surface area (Å²) in [5.41, 5.74) is 0.501. The highest BCUT2D eigenvalue weighted by Gasteiger charge is 2.45. The van der Waals surface area contributed by atoms with Gasteiger partial charge in [0.2, 0.25) is 0 Å². The second kappa shape index (κ2) is 7.55. The first-order valence-corrected chi connectivity index (χ1v) is 7.64. The minimum atomic E-state index is -4.33. The zero-order valence-electron chi connectivity index (χ0n) is 13.2. The number of anilines is 1. The van der Waals surface area contributed by atoms with Crippen molar-refractivity contribution < 1.29 is 27.5 Å². The average molecular weight is 344 g/mol. The molecule has 2 rings (SSSR count). The molecule has 0 radical (unpaired) electrons. The molecule has 0 aliphatic heterocycles. The number of methoxy groups -OCH3 is 1. The lowest BCUT2D eigenvalue weighted by Crippen LogP contribution is -2.47. The molecule has 2 N–H and O–H groups in total. The SMILES string of the molecule is COC(=O)Nc1cccc(C(=O)NC2CCCCC2C(F)(F)F)c1. The van der Waals surface area contributed by atoms with E-state index in [2.05, 4.69) is 15.4 Å². The maximum atomic E-state index is 13.1. The molecule has 8 heteroatoms. The second-order valence-electron chi connectivity index (χ2n) is 5.71. The van der Waals surface area contributed by atoms with E-state index in [1.54, 1.807) is 6.07 Å². The predicted molar refractivity (Wildman–Crippen MR) is 81.7 cm³/mol. The van der Waals surface area contributed by atoms with Crippen LogP contribution in [0.1, 0.15) is 36.0 Å². The van der Waals surface area contributed by atoms with Crippen LogP contribution in [0.3, 0.4) is 0 Å². The highest BCUT2D eigenvalue weighted by atomic mass is 19.4. The molecule has 2 amide bonds. The number of nitrogens with one attached hydrogen (secondary N) is 2. The monoisotopic (exact) mass is 344 g/mol. The Hall–Kier alpha value is -2.25. The van der Waals surface area contributed by atoms with Crippen molar-refractivity contribution >= 4 is 17.7 Å². The number of carbonyl (C=O) groups is 2. The van der Waals surface area contributed by atoms with Gasteiger partial charge in [0.15, 0.2) is 0 Å². The van der Waals surface area contributed by atoms with Gasteiger partial charge in [-0.3, -0.25) is 10.1 Å². The molecule has 0 aromatic heterocycles. The Kier molecular flexibility index (Phi) is 5.69. The fourth-order valence-electron chi connectivity index (χ4n) is 2.85. The van der Waals surface area contributed by atoms with Crippen LogP contribution in [0.4, 0.5) is 23.7 Å². The molecule has 1 aliphatic rings. The number of carbonyl (C=O) groups excluding carboxylic acids is 2. The minimum Gasteiger partial charge on any atom is -0.453 e. The summed E-state index contributed by atoms with van der Waals surface area (Å²) in [6, 6.07) is 5.01. The number of alkyl halides is 3. The van der Waals surface area contributed by atoms with Crippen molar-refractivity contribution in [1.29, 1.82) is 0 Å². The molecule has 5 nitrogen and oxygen atoms in total. The summed E-state index contributed by atoms with van der Waals surface area (Å²) < 4.78 is 43.7. The topological polar surface area (TPSA) is 67.4 Å². The van der Waals surface area contributed by atoms with Crippen LogP contribution in [0, 0.1) is 5.92 Å². The van der Waals surface area contributed by atoms with Crippen LogP contribution < -0.4 is 10.6 Å². The number of ether oxygens (including phenoxy) is 1. The molecule has 0 bridgehead atoms. The highest BCUT2D eigenvalue weighted by Crippen LogP contribution is 2.37. The van der Waals surface area contributed by atoms with Crippen LogP contribution in [-0.2, 0) is 4.74 Å². The molecular weight excluding hydrogens is 325 g/mol. The molecule has 2 atom stereocenters. The molecule has 1 aliphatic carbocycles. The fourth-order valence-corrected chi connectivity index (χ4v) is 2.85. The van der Waals surface area contributed by atoms with Crippen molar-refractivity contribution in [1.82, 2.24) is 5.32 Å². The van der Waals surface area contributed by atoms with Gasteiger partial charge in [-0.25, -0.2) is 4.79 Å². The van der Waals surface area contributed by atoms with E-state index >= 15 is 0 Å². The Balaban J connectivity index is 2.08. The largest absolute Gasteiger partial charge is 0.453 e. The molecule has 1 aromatic carbocycles. The summed E-state index contributed by atoms with van der Waals surface area (Å²) in [6.45, 7) is 0. The summed E-state index contributed by atoms with van der Waals surface area (Å²) in [7, 11) is 1.20. The maximum Gasteiger partial charge on any atom is 0.411 e. The molecule has 1 fully saturated rings. The smallest absolute Gasteiger partial charge is 0.411 e. The molecule has 0 heterocycles. The molecule has 2 unspecified atom stereocenters. The summed E-state index contributed by atoms with van der Waals surface area (Å²) >= 11 is 0. The summed E-state index contributed by atoms with van der Waals surface area (Å²) in [6.07, 6.45) is -3.53. The maximum absolute atomic E-state index is 13.1. The van der Waals surface area contributed by atoms with E-state index in [1.807, 2.05) is 0 Å². The fraction of sp³-hybridized carbons (Fsp3) is 0.500. The Morgan fingerprint density at radius 1 is 1.21 bits per heavy atom. The number of rotatable bonds is 3. The lowest BCUT2D eigenvalue weighted by atomic mass is 9.84. The quantitative estimate of drug-likeness (QED) is 0.878. The zero-order chi connectivity index (χ0) is 17.7. The van der Waals surface area contributed by atoms with Crippen LogP contribution in [0.15, 0.2) is 24.3 Å². The highest BCUT2D eigenvalue weighted by molar-refractivity contribution is 5.96. The Labute approximate surface area is 137 Å². The van der Waals surface area contributed by atoms with Crippen LogP contribution in [-0.4, -0.2) is 31.3 Å². The van der Waals surface area contributed by atoms with Gasteiger partial charge in [0.25, 0.3) is 5.91 Å². The lowest BCUT2D eigenvalue weighted by Gasteiger charge is -2.33. The van der Waals surface area contributed by atoms with Crippen LogP contribution in [0.2, 0.25) is 0 Å². The van der Waals surface area contributed by atoms with E-state index in [0.29, 0.717) is 24.9 Å². The van der Waals surface area contributed by atoms with Gasteiger partial charge in [0.05, 0.1) is 13.0 Å². The van der Waals surface area contributed by atoms with Crippen LogP contribution in [0.5, 0.6) is 0 Å². The van der Waals surface area contributed by atoms with Gasteiger partial charge in [-0.15, -0.1) is 0 Å². The van der Waals surface area contributed by atoms with Crippen molar-refractivity contribution in [2.24, 2.45) is 5.92 Å². The normalized spacial score (nSPS) is 21.0. The zero-order valence-corrected chi connectivity index (χ0v) is 13.2. The van der Waals surface area contributed by atoms with E-state index in [1.165, 1.54) is 25.3 Å². The average Bonchev–Trinajstić information content (AvgIpc) is 2.54. The van der Waals surface area contributed by atoms with Gasteiger partial charge in [0.1, 0.15) is 0 Å². The summed E-state index contributed by atoms with van der Waals surface area (Å²) in [4.78, 5) is 23.4. The van der Waals surface area contributed by atoms with Crippen LogP contribution >= 0.6 is 0 Å². The van der Waals surface area contributed by atoms with Crippen molar-refractivity contribution in [2.75, 3.05) is 12.4 Å². The number of benzene rings is 1. The van der Waals surface area contributed by atoms with Gasteiger partial charge in [0, 0.05) is 17.3 Å². The van der Waals surface area contributed by atoms with Crippen molar-refractivity contribution in [3.05, 3.63) is 29.8 Å². The standard InChI is InChI=1S/C16H19F3N2O3/c1-24-15(23)20-11-6-4-5-10(9-11)14(22)21-13-8-3-2-7-12(13)16(17,18)19/h4-6,9,12-13H,2-3,7-8H2,1H3,(H,20,23)(H,21,22). The Bertz CT molecular complexity index is 604. The first-order chi connectivity index (χ1) is 11.3. The third kappa shape index (κ3) is 4.62. The minimum absolute atomic E-state index is 0.0262. The molecular formula is C16H19F3N2O3. The Morgan fingerprint density at radius 3 is 2.58 bits per heavy atom. The van der Waals surface area contributed by atoms with Gasteiger partial charge >= 0.3 is 12.3 Å². The number of hydrogen-bond acceptors (Lipinski definition) is 3. The third-order valence-corrected chi connectivity index (χ3v) is 4.06. The van der Waals surface area contributed by atoms with E-state index in [9.17, 15) is 22.8 Å². The molecule has 0 saturated heterocycles. The first kappa shape index (κ1) is 18.1. The van der Waals surface area contributed by atoms with Gasteiger partial charge in [-0.1, -0.05) is 18.9 Å². The van der Waals surface area contributed by atoms with E-state index in [0.717, 1.165) is 0 Å². The van der Waals surface area contributed by atoms with Crippen molar-refractivity contribution in [3.8, 4) is 0 Å².